The number of ether oxygens (including phenoxy) is 1. The zero-order valence-electron chi connectivity index (χ0n) is 12.9. The monoisotopic (exact) mass is 279 g/mol. The van der Waals surface area contributed by atoms with E-state index in [-0.39, 0.29) is 6.10 Å². The summed E-state index contributed by atoms with van der Waals surface area (Å²) in [6, 6.07) is 0.426. The van der Waals surface area contributed by atoms with Crippen LogP contribution in [0.2, 0.25) is 0 Å². The second kappa shape index (κ2) is 6.72. The minimum absolute atomic E-state index is 0.232. The number of nitrogens with one attached hydrogen (secondary N) is 1. The van der Waals surface area contributed by atoms with Gasteiger partial charge in [0, 0.05) is 21.1 Å². The Labute approximate surface area is 121 Å². The Morgan fingerprint density at radius 3 is 2.70 bits per heavy atom. The summed E-state index contributed by atoms with van der Waals surface area (Å²) in [7, 11) is 5.62. The van der Waals surface area contributed by atoms with Gasteiger partial charge in [0.1, 0.15) is 6.10 Å². The van der Waals surface area contributed by atoms with Crippen molar-refractivity contribution < 1.29 is 4.74 Å². The lowest BCUT2D eigenvalue weighted by Crippen LogP contribution is -2.26. The van der Waals surface area contributed by atoms with Gasteiger partial charge in [-0.3, -0.25) is 0 Å². The van der Waals surface area contributed by atoms with Gasteiger partial charge in [-0.05, 0) is 25.2 Å². The molecule has 1 fully saturated rings. The second-order valence-corrected chi connectivity index (χ2v) is 5.57. The minimum atomic E-state index is 0.232. The van der Waals surface area contributed by atoms with Crippen molar-refractivity contribution in [1.29, 1.82) is 0 Å². The molecule has 0 saturated heterocycles. The summed E-state index contributed by atoms with van der Waals surface area (Å²) in [5, 5.41) is 2.95. The van der Waals surface area contributed by atoms with Crippen LogP contribution in [0.5, 0.6) is 6.01 Å². The number of rotatable bonds is 5. The van der Waals surface area contributed by atoms with E-state index in [4.69, 9.17) is 4.74 Å². The lowest BCUT2D eigenvalue weighted by atomic mass is 9.86. The third-order valence-electron chi connectivity index (χ3n) is 3.81. The Hall–Kier alpha value is -1.59. The van der Waals surface area contributed by atoms with Crippen LogP contribution in [0, 0.1) is 5.92 Å². The highest BCUT2D eigenvalue weighted by molar-refractivity contribution is 5.36. The quantitative estimate of drug-likeness (QED) is 0.892. The van der Waals surface area contributed by atoms with Crippen molar-refractivity contribution in [3.8, 4) is 6.01 Å². The third kappa shape index (κ3) is 3.71. The van der Waals surface area contributed by atoms with Crippen LogP contribution in [-0.4, -0.2) is 42.2 Å². The van der Waals surface area contributed by atoms with Crippen LogP contribution in [0.3, 0.4) is 0 Å². The first kappa shape index (κ1) is 14.8. The van der Waals surface area contributed by atoms with E-state index in [9.17, 15) is 0 Å². The highest BCUT2D eigenvalue weighted by Gasteiger charge is 2.23. The summed E-state index contributed by atoms with van der Waals surface area (Å²) in [6.45, 7) is 2.25. The maximum atomic E-state index is 5.99. The van der Waals surface area contributed by atoms with E-state index in [2.05, 4.69) is 27.2 Å². The summed E-state index contributed by atoms with van der Waals surface area (Å²) >= 11 is 0. The summed E-state index contributed by atoms with van der Waals surface area (Å²) in [6.07, 6.45) is 6.20. The molecule has 0 aliphatic heterocycles. The molecule has 0 aromatic carbocycles. The summed E-state index contributed by atoms with van der Waals surface area (Å²) in [5.41, 5.74) is 0. The number of anilines is 2. The molecule has 0 radical (unpaired) electrons. The van der Waals surface area contributed by atoms with Gasteiger partial charge in [0.05, 0.1) is 0 Å². The Morgan fingerprint density at radius 1 is 1.25 bits per heavy atom. The molecule has 1 saturated carbocycles. The molecule has 6 nitrogen and oxygen atoms in total. The van der Waals surface area contributed by atoms with E-state index in [0.29, 0.717) is 17.9 Å². The van der Waals surface area contributed by atoms with E-state index < -0.39 is 0 Å². The molecule has 1 aromatic heterocycles. The van der Waals surface area contributed by atoms with Gasteiger partial charge < -0.3 is 15.0 Å². The SMILES string of the molecule is CCC1CCCC(Oc2nc(NC)nc(N(C)C)n2)C1. The van der Waals surface area contributed by atoms with Gasteiger partial charge >= 0.3 is 6.01 Å². The van der Waals surface area contributed by atoms with Crippen molar-refractivity contribution >= 4 is 11.9 Å². The average Bonchev–Trinajstić information content (AvgIpc) is 2.47. The average molecular weight is 279 g/mol. The second-order valence-electron chi connectivity index (χ2n) is 5.57. The van der Waals surface area contributed by atoms with Gasteiger partial charge in [0.15, 0.2) is 0 Å². The van der Waals surface area contributed by atoms with Gasteiger partial charge in [-0.1, -0.05) is 19.8 Å². The zero-order chi connectivity index (χ0) is 14.5. The van der Waals surface area contributed by atoms with Crippen LogP contribution in [0.1, 0.15) is 39.0 Å². The van der Waals surface area contributed by atoms with Crippen molar-refractivity contribution in [2.75, 3.05) is 31.4 Å². The van der Waals surface area contributed by atoms with E-state index in [1.165, 1.54) is 19.3 Å². The summed E-state index contributed by atoms with van der Waals surface area (Å²) in [4.78, 5) is 14.8. The molecule has 1 heterocycles. The maximum Gasteiger partial charge on any atom is 0.323 e. The highest BCUT2D eigenvalue weighted by Crippen LogP contribution is 2.29. The topological polar surface area (TPSA) is 63.2 Å². The molecule has 112 valence electrons. The van der Waals surface area contributed by atoms with Crippen LogP contribution in [0.4, 0.5) is 11.9 Å². The summed E-state index contributed by atoms with van der Waals surface area (Å²) in [5.74, 6) is 1.93. The Kier molecular flexibility index (Phi) is 4.98. The molecular weight excluding hydrogens is 254 g/mol. The molecule has 1 aromatic rings. The van der Waals surface area contributed by atoms with Gasteiger partial charge in [-0.25, -0.2) is 0 Å². The molecular formula is C14H25N5O. The fourth-order valence-corrected chi connectivity index (χ4v) is 2.58. The van der Waals surface area contributed by atoms with Crippen LogP contribution in [-0.2, 0) is 0 Å². The molecule has 1 N–H and O–H groups in total. The van der Waals surface area contributed by atoms with Crippen molar-refractivity contribution in [3.63, 3.8) is 0 Å². The zero-order valence-corrected chi connectivity index (χ0v) is 12.9. The molecule has 0 amide bonds. The smallest absolute Gasteiger partial charge is 0.323 e. The Morgan fingerprint density at radius 2 is 2.05 bits per heavy atom. The van der Waals surface area contributed by atoms with Gasteiger partial charge in [0.2, 0.25) is 11.9 Å². The van der Waals surface area contributed by atoms with Crippen molar-refractivity contribution in [1.82, 2.24) is 15.0 Å². The number of nitrogens with zero attached hydrogens (tertiary/aromatic N) is 4. The van der Waals surface area contributed by atoms with Gasteiger partial charge in [-0.2, -0.15) is 15.0 Å². The number of aromatic nitrogens is 3. The molecule has 2 unspecified atom stereocenters. The van der Waals surface area contributed by atoms with Crippen LogP contribution >= 0.6 is 0 Å². The lowest BCUT2D eigenvalue weighted by Gasteiger charge is -2.28. The first-order valence-electron chi connectivity index (χ1n) is 7.40. The van der Waals surface area contributed by atoms with Gasteiger partial charge in [-0.15, -0.1) is 0 Å². The molecule has 1 aliphatic rings. The lowest BCUT2D eigenvalue weighted by molar-refractivity contribution is 0.111. The largest absolute Gasteiger partial charge is 0.460 e. The molecule has 0 bridgehead atoms. The first-order chi connectivity index (χ1) is 9.62. The Balaban J connectivity index is 2.09. The van der Waals surface area contributed by atoms with E-state index in [1.54, 1.807) is 7.05 Å². The molecule has 1 aliphatic carbocycles. The molecule has 2 atom stereocenters. The highest BCUT2D eigenvalue weighted by atomic mass is 16.5. The fraction of sp³-hybridized carbons (Fsp3) is 0.786. The predicted octanol–water partition coefficient (Wildman–Crippen LogP) is 2.33. The minimum Gasteiger partial charge on any atom is -0.460 e. The first-order valence-corrected chi connectivity index (χ1v) is 7.40. The summed E-state index contributed by atoms with van der Waals surface area (Å²) < 4.78 is 5.99. The van der Waals surface area contributed by atoms with E-state index >= 15 is 0 Å². The molecule has 0 spiro atoms. The standard InChI is InChI=1S/C14H25N5O/c1-5-10-7-6-8-11(9-10)20-14-17-12(15-2)16-13(18-14)19(3)4/h10-11H,5-9H2,1-4H3,(H,15,16,17,18). The molecule has 20 heavy (non-hydrogen) atoms. The Bertz CT molecular complexity index is 438. The van der Waals surface area contributed by atoms with Crippen molar-refractivity contribution in [2.24, 2.45) is 5.92 Å². The van der Waals surface area contributed by atoms with Crippen LogP contribution in [0.15, 0.2) is 0 Å². The fourth-order valence-electron chi connectivity index (χ4n) is 2.58. The number of hydrogen-bond acceptors (Lipinski definition) is 6. The van der Waals surface area contributed by atoms with Crippen LogP contribution in [0.25, 0.3) is 0 Å². The predicted molar refractivity (Wildman–Crippen MR) is 80.4 cm³/mol. The normalized spacial score (nSPS) is 22.4. The van der Waals surface area contributed by atoms with E-state index in [0.717, 1.165) is 18.8 Å². The third-order valence-corrected chi connectivity index (χ3v) is 3.81. The van der Waals surface area contributed by atoms with Crippen molar-refractivity contribution in [3.05, 3.63) is 0 Å². The van der Waals surface area contributed by atoms with Crippen LogP contribution < -0.4 is 15.0 Å². The maximum absolute atomic E-state index is 5.99. The van der Waals surface area contributed by atoms with Gasteiger partial charge in [0.25, 0.3) is 0 Å². The number of hydrogen-bond donors (Lipinski definition) is 1. The molecule has 6 heteroatoms. The van der Waals surface area contributed by atoms with Crippen molar-refractivity contribution in [2.45, 2.75) is 45.1 Å². The molecule has 2 rings (SSSR count). The van der Waals surface area contributed by atoms with E-state index in [1.807, 2.05) is 19.0 Å².